The van der Waals surface area contributed by atoms with Gasteiger partial charge in [-0.25, -0.2) is 9.97 Å². The molecule has 3 N–H and O–H groups in total. The topological polar surface area (TPSA) is 93.4 Å². The van der Waals surface area contributed by atoms with Crippen molar-refractivity contribution in [2.45, 2.75) is 26.2 Å². The molecule has 0 amide bonds. The molecule has 1 atom stereocenters. The first kappa shape index (κ1) is 20.8. The van der Waals surface area contributed by atoms with Crippen LogP contribution < -0.4 is 5.73 Å². The first-order valence-corrected chi connectivity index (χ1v) is 10.5. The Labute approximate surface area is 186 Å². The van der Waals surface area contributed by atoms with Crippen molar-refractivity contribution in [1.82, 2.24) is 25.1 Å². The van der Waals surface area contributed by atoms with Gasteiger partial charge in [0.25, 0.3) is 0 Å². The van der Waals surface area contributed by atoms with Crippen LogP contribution in [0.2, 0.25) is 0 Å². The first-order valence-electron chi connectivity index (χ1n) is 10.1. The molecule has 4 rings (SSSR count). The maximum atomic E-state index is 5.60. The van der Waals surface area contributed by atoms with Crippen LogP contribution in [-0.4, -0.2) is 25.1 Å². The fourth-order valence-electron chi connectivity index (χ4n) is 3.63. The number of hydrogen-bond acceptors (Lipinski definition) is 6. The second-order valence-corrected chi connectivity index (χ2v) is 8.44. The Morgan fingerprint density at radius 3 is 2.03 bits per heavy atom. The summed E-state index contributed by atoms with van der Waals surface area (Å²) in [6, 6.07) is 16.4. The Morgan fingerprint density at radius 1 is 0.839 bits per heavy atom. The number of aromatic amines is 1. The maximum Gasteiger partial charge on any atom is 0.219 e. The van der Waals surface area contributed by atoms with Crippen molar-refractivity contribution in [2.75, 3.05) is 5.73 Å². The highest BCUT2D eigenvalue weighted by Crippen LogP contribution is 2.39. The minimum absolute atomic E-state index is 0.251. The predicted molar refractivity (Wildman–Crippen MR) is 126 cm³/mol. The van der Waals surface area contributed by atoms with E-state index in [2.05, 4.69) is 77.3 Å². The van der Waals surface area contributed by atoms with Crippen molar-refractivity contribution in [1.29, 1.82) is 0 Å². The molecule has 1 aromatic carbocycles. The molecular formula is C24H24N6S. The fourth-order valence-corrected chi connectivity index (χ4v) is 3.74. The van der Waals surface area contributed by atoms with Crippen LogP contribution >= 0.6 is 12.2 Å². The van der Waals surface area contributed by atoms with Gasteiger partial charge in [-0.2, -0.15) is 5.10 Å². The Morgan fingerprint density at radius 2 is 1.48 bits per heavy atom. The molecule has 0 saturated heterocycles. The number of nitrogens with zero attached hydrogens (tertiary/aromatic N) is 4. The lowest BCUT2D eigenvalue weighted by Gasteiger charge is -2.34. The molecule has 3 aromatic heterocycles. The van der Waals surface area contributed by atoms with E-state index >= 15 is 0 Å². The van der Waals surface area contributed by atoms with E-state index in [1.54, 1.807) is 12.4 Å². The highest BCUT2D eigenvalue weighted by atomic mass is 32.1. The summed E-state index contributed by atoms with van der Waals surface area (Å²) in [5, 5.41) is 7.12. The molecule has 1 unspecified atom stereocenters. The molecular weight excluding hydrogens is 404 g/mol. The number of hydrogen-bond donors (Lipinski definition) is 2. The van der Waals surface area contributed by atoms with Gasteiger partial charge < -0.3 is 5.73 Å². The molecule has 0 fully saturated rings. The van der Waals surface area contributed by atoms with Gasteiger partial charge >= 0.3 is 0 Å². The lowest BCUT2D eigenvalue weighted by Crippen LogP contribution is -2.31. The van der Waals surface area contributed by atoms with Crippen molar-refractivity contribution in [2.24, 2.45) is 5.92 Å². The van der Waals surface area contributed by atoms with Crippen LogP contribution in [0.1, 0.15) is 32.0 Å². The van der Waals surface area contributed by atoms with E-state index in [4.69, 9.17) is 22.9 Å². The number of rotatable bonds is 5. The summed E-state index contributed by atoms with van der Waals surface area (Å²) >= 11 is 5.07. The van der Waals surface area contributed by atoms with E-state index < -0.39 is 0 Å². The molecule has 0 aliphatic heterocycles. The Balaban J connectivity index is 1.67. The molecule has 0 spiro atoms. The van der Waals surface area contributed by atoms with Crippen LogP contribution in [0.3, 0.4) is 0 Å². The molecule has 6 nitrogen and oxygen atoms in total. The highest BCUT2D eigenvalue weighted by molar-refractivity contribution is 7.71. The summed E-state index contributed by atoms with van der Waals surface area (Å²) in [4.78, 5) is 13.0. The molecule has 0 bridgehead atoms. The van der Waals surface area contributed by atoms with Gasteiger partial charge in [0.2, 0.25) is 5.95 Å². The van der Waals surface area contributed by atoms with E-state index in [0.29, 0.717) is 10.6 Å². The van der Waals surface area contributed by atoms with Gasteiger partial charge in [-0.05, 0) is 48.2 Å². The zero-order valence-electron chi connectivity index (χ0n) is 17.7. The number of nitrogen functional groups attached to an aromatic ring is 1. The number of pyridine rings is 1. The van der Waals surface area contributed by atoms with E-state index in [1.165, 1.54) is 5.56 Å². The number of nitrogens with two attached hydrogens (primary N) is 1. The second-order valence-electron chi connectivity index (χ2n) is 8.00. The molecule has 7 heteroatoms. The summed E-state index contributed by atoms with van der Waals surface area (Å²) < 4.78 is 0.606. The zero-order chi connectivity index (χ0) is 22.0. The van der Waals surface area contributed by atoms with Crippen LogP contribution in [0.25, 0.3) is 22.4 Å². The number of benzene rings is 1. The second kappa shape index (κ2) is 8.35. The monoisotopic (exact) mass is 428 g/mol. The highest BCUT2D eigenvalue weighted by Gasteiger charge is 2.34. The molecule has 0 aliphatic rings. The zero-order valence-corrected chi connectivity index (χ0v) is 18.5. The average molecular weight is 429 g/mol. The van der Waals surface area contributed by atoms with Gasteiger partial charge in [0.05, 0.1) is 11.4 Å². The maximum absolute atomic E-state index is 5.60. The van der Waals surface area contributed by atoms with Gasteiger partial charge in [-0.1, -0.05) is 50.3 Å². The van der Waals surface area contributed by atoms with Crippen molar-refractivity contribution in [3.63, 3.8) is 0 Å². The lowest BCUT2D eigenvalue weighted by atomic mass is 9.70. The average Bonchev–Trinajstić information content (AvgIpc) is 2.80. The van der Waals surface area contributed by atoms with Crippen LogP contribution in [0, 0.1) is 10.6 Å². The molecule has 156 valence electrons. The molecule has 0 saturated carbocycles. The van der Waals surface area contributed by atoms with Crippen molar-refractivity contribution in [3.05, 3.63) is 83.0 Å². The third-order valence-electron chi connectivity index (χ3n) is 5.91. The van der Waals surface area contributed by atoms with Crippen molar-refractivity contribution in [3.8, 4) is 22.4 Å². The summed E-state index contributed by atoms with van der Waals surface area (Å²) in [6.45, 7) is 6.67. The third kappa shape index (κ3) is 4.09. The van der Waals surface area contributed by atoms with Gasteiger partial charge in [-0.3, -0.25) is 10.1 Å². The minimum atomic E-state index is -0.251. The van der Waals surface area contributed by atoms with E-state index in [1.807, 2.05) is 18.3 Å². The van der Waals surface area contributed by atoms with Gasteiger partial charge in [0.15, 0.2) is 0 Å². The molecule has 4 aromatic rings. The summed E-state index contributed by atoms with van der Waals surface area (Å²) in [6.07, 6.45) is 5.35. The Hall–Kier alpha value is -3.45. The predicted octanol–water partition coefficient (Wildman–Crippen LogP) is 5.20. The van der Waals surface area contributed by atoms with Crippen molar-refractivity contribution >= 4 is 18.2 Å². The smallest absolute Gasteiger partial charge is 0.219 e. The molecule has 31 heavy (non-hydrogen) atoms. The quantitative estimate of drug-likeness (QED) is 0.424. The van der Waals surface area contributed by atoms with Crippen LogP contribution in [0.15, 0.2) is 67.1 Å². The molecule has 3 heterocycles. The van der Waals surface area contributed by atoms with Crippen LogP contribution in [-0.2, 0) is 5.41 Å². The lowest BCUT2D eigenvalue weighted by molar-refractivity contribution is 0.395. The first-order chi connectivity index (χ1) is 14.9. The largest absolute Gasteiger partial charge is 0.368 e. The van der Waals surface area contributed by atoms with Crippen LogP contribution in [0.4, 0.5) is 5.95 Å². The van der Waals surface area contributed by atoms with Gasteiger partial charge in [0.1, 0.15) is 4.64 Å². The normalized spacial score (nSPS) is 13.2. The molecule has 0 aliphatic carbocycles. The Kier molecular flexibility index (Phi) is 5.61. The van der Waals surface area contributed by atoms with E-state index in [9.17, 15) is 0 Å². The Bertz CT molecular complexity index is 1210. The summed E-state index contributed by atoms with van der Waals surface area (Å²) in [7, 11) is 0. The minimum Gasteiger partial charge on any atom is -0.368 e. The number of nitrogens with one attached hydrogen (secondary N) is 1. The number of anilines is 1. The number of aromatic nitrogens is 5. The third-order valence-corrected chi connectivity index (χ3v) is 6.14. The van der Waals surface area contributed by atoms with E-state index in [0.717, 1.165) is 28.1 Å². The van der Waals surface area contributed by atoms with Crippen molar-refractivity contribution < 1.29 is 0 Å². The standard InChI is InChI=1S/C24H24N6S/c1-15(2)24(3,19-7-4-16(5-8-19)18-13-27-23(25)28-14-18)21-10-6-17(12-26-21)20-9-11-22(31)30-29-20/h4-15H,1-3H3,(H,30,31)(H2,25,27,28). The van der Waals surface area contributed by atoms with E-state index in [-0.39, 0.29) is 11.4 Å². The molecule has 0 radical (unpaired) electrons. The fraction of sp³-hybridized carbons (Fsp3) is 0.208. The summed E-state index contributed by atoms with van der Waals surface area (Å²) in [5.74, 6) is 0.609. The van der Waals surface area contributed by atoms with Crippen LogP contribution in [0.5, 0.6) is 0 Å². The van der Waals surface area contributed by atoms with Gasteiger partial charge in [0, 0.05) is 35.1 Å². The number of H-pyrrole nitrogens is 1. The summed E-state index contributed by atoms with van der Waals surface area (Å²) in [5.41, 5.74) is 11.3. The van der Waals surface area contributed by atoms with Gasteiger partial charge in [-0.15, -0.1) is 0 Å². The SMILES string of the molecule is CC(C)C(C)(c1ccc(-c2cnc(N)nc2)cc1)c1ccc(-c2ccc(=S)[nH]n2)cn1.